The van der Waals surface area contributed by atoms with E-state index in [1.54, 1.807) is 0 Å². The summed E-state index contributed by atoms with van der Waals surface area (Å²) in [5, 5.41) is 8.65. The molecule has 0 saturated carbocycles. The van der Waals surface area contributed by atoms with Gasteiger partial charge in [0.1, 0.15) is 11.0 Å². The minimum Gasteiger partial charge on any atom is -0.396 e. The van der Waals surface area contributed by atoms with Crippen molar-refractivity contribution in [2.45, 2.75) is 37.9 Å². The van der Waals surface area contributed by atoms with Crippen LogP contribution in [0.4, 0.5) is 19.0 Å². The topological polar surface area (TPSA) is 49.2 Å². The molecule has 1 saturated heterocycles. The van der Waals surface area contributed by atoms with Crippen molar-refractivity contribution in [2.75, 3.05) is 18.1 Å². The van der Waals surface area contributed by atoms with Gasteiger partial charge in [-0.05, 0) is 25.7 Å². The normalized spacial score (nSPS) is 19.6. The Balaban J connectivity index is 2.25. The predicted octanol–water partition coefficient (Wildman–Crippen LogP) is 2.89. The first-order valence-electron chi connectivity index (χ1n) is 6.41. The van der Waals surface area contributed by atoms with Crippen LogP contribution < -0.4 is 4.90 Å². The summed E-state index contributed by atoms with van der Waals surface area (Å²) in [7, 11) is 0. The number of nitrogens with zero attached hydrogens (tertiary/aromatic N) is 3. The van der Waals surface area contributed by atoms with Crippen molar-refractivity contribution in [1.29, 1.82) is 0 Å². The summed E-state index contributed by atoms with van der Waals surface area (Å²) >= 11 is 5.67. The van der Waals surface area contributed by atoms with Crippen LogP contribution in [0, 0.1) is 0 Å². The standard InChI is InChI=1S/C12H15ClF3N3O/c13-9-7-10(18-11(17-9)12(14,15)16)19-5-1-3-8(19)4-2-6-20/h7-8,20H,1-6H2. The number of anilines is 1. The average molecular weight is 310 g/mol. The van der Waals surface area contributed by atoms with E-state index in [-0.39, 0.29) is 23.6 Å². The summed E-state index contributed by atoms with van der Waals surface area (Å²) in [4.78, 5) is 8.63. The predicted molar refractivity (Wildman–Crippen MR) is 68.7 cm³/mol. The molecule has 1 N–H and O–H groups in total. The molecule has 0 bridgehead atoms. The van der Waals surface area contributed by atoms with Gasteiger partial charge in [-0.2, -0.15) is 13.2 Å². The Hall–Kier alpha value is -1.08. The molecule has 2 heterocycles. The number of halogens is 4. The van der Waals surface area contributed by atoms with E-state index in [0.29, 0.717) is 13.0 Å². The van der Waals surface area contributed by atoms with Crippen LogP contribution in [0.2, 0.25) is 5.15 Å². The molecule has 112 valence electrons. The SMILES string of the molecule is OCCCC1CCCN1c1cc(Cl)nc(C(F)(F)F)n1. The first-order chi connectivity index (χ1) is 9.41. The van der Waals surface area contributed by atoms with E-state index in [1.165, 1.54) is 6.07 Å². The van der Waals surface area contributed by atoms with E-state index < -0.39 is 12.0 Å². The smallest absolute Gasteiger partial charge is 0.396 e. The number of alkyl halides is 3. The van der Waals surface area contributed by atoms with E-state index in [4.69, 9.17) is 16.7 Å². The summed E-state index contributed by atoms with van der Waals surface area (Å²) in [5.41, 5.74) is 0. The molecule has 1 aliphatic heterocycles. The number of rotatable bonds is 4. The highest BCUT2D eigenvalue weighted by Crippen LogP contribution is 2.32. The maximum atomic E-state index is 12.7. The third-order valence-corrected chi connectivity index (χ3v) is 3.50. The molecule has 8 heteroatoms. The lowest BCUT2D eigenvalue weighted by atomic mass is 10.1. The summed E-state index contributed by atoms with van der Waals surface area (Å²) in [6, 6.07) is 1.45. The van der Waals surface area contributed by atoms with E-state index in [2.05, 4.69) is 9.97 Å². The first kappa shape index (κ1) is 15.3. The quantitative estimate of drug-likeness (QED) is 0.869. The molecule has 0 radical (unpaired) electrons. The van der Waals surface area contributed by atoms with Gasteiger partial charge in [-0.15, -0.1) is 0 Å². The Bertz CT molecular complexity index is 470. The lowest BCUT2D eigenvalue weighted by Crippen LogP contribution is -2.31. The minimum absolute atomic E-state index is 0.0721. The fourth-order valence-electron chi connectivity index (χ4n) is 2.44. The fourth-order valence-corrected chi connectivity index (χ4v) is 2.62. The summed E-state index contributed by atoms with van der Waals surface area (Å²) < 4.78 is 38.1. The Labute approximate surface area is 119 Å². The monoisotopic (exact) mass is 309 g/mol. The minimum atomic E-state index is -4.61. The van der Waals surface area contributed by atoms with Gasteiger partial charge in [-0.25, -0.2) is 9.97 Å². The van der Waals surface area contributed by atoms with Crippen molar-refractivity contribution in [3.8, 4) is 0 Å². The van der Waals surface area contributed by atoms with Crippen molar-refractivity contribution in [1.82, 2.24) is 9.97 Å². The molecule has 2 rings (SSSR count). The van der Waals surface area contributed by atoms with Crippen molar-refractivity contribution in [3.63, 3.8) is 0 Å². The molecule has 1 unspecified atom stereocenters. The van der Waals surface area contributed by atoms with Crippen molar-refractivity contribution in [3.05, 3.63) is 17.0 Å². The Kier molecular flexibility index (Phi) is 4.70. The van der Waals surface area contributed by atoms with Gasteiger partial charge in [0.05, 0.1) is 0 Å². The highest BCUT2D eigenvalue weighted by atomic mass is 35.5. The summed E-state index contributed by atoms with van der Waals surface area (Å²) in [5.74, 6) is -1.01. The third-order valence-electron chi connectivity index (χ3n) is 3.30. The van der Waals surface area contributed by atoms with Crippen LogP contribution in [-0.2, 0) is 6.18 Å². The number of hydrogen-bond acceptors (Lipinski definition) is 4. The van der Waals surface area contributed by atoms with E-state index in [9.17, 15) is 13.2 Å². The van der Waals surface area contributed by atoms with Crippen LogP contribution in [-0.4, -0.2) is 34.3 Å². The lowest BCUT2D eigenvalue weighted by Gasteiger charge is -2.26. The number of aromatic nitrogens is 2. The highest BCUT2D eigenvalue weighted by molar-refractivity contribution is 6.29. The van der Waals surface area contributed by atoms with Crippen molar-refractivity contribution < 1.29 is 18.3 Å². The van der Waals surface area contributed by atoms with E-state index in [1.807, 2.05) is 4.90 Å². The molecule has 1 aromatic rings. The molecular formula is C12H15ClF3N3O. The molecule has 0 amide bonds. The van der Waals surface area contributed by atoms with Gasteiger partial charge in [0.25, 0.3) is 0 Å². The molecule has 4 nitrogen and oxygen atoms in total. The highest BCUT2D eigenvalue weighted by Gasteiger charge is 2.36. The number of aliphatic hydroxyl groups is 1. The second-order valence-corrected chi connectivity index (χ2v) is 5.11. The zero-order valence-electron chi connectivity index (χ0n) is 10.7. The summed E-state index contributed by atoms with van der Waals surface area (Å²) in [6.07, 6.45) is -1.51. The molecule has 0 aliphatic carbocycles. The fraction of sp³-hybridized carbons (Fsp3) is 0.667. The Morgan fingerprint density at radius 2 is 2.15 bits per heavy atom. The van der Waals surface area contributed by atoms with E-state index >= 15 is 0 Å². The van der Waals surface area contributed by atoms with Gasteiger partial charge in [-0.1, -0.05) is 11.6 Å². The summed E-state index contributed by atoms with van der Waals surface area (Å²) in [6.45, 7) is 0.712. The van der Waals surface area contributed by atoms with Crippen molar-refractivity contribution in [2.24, 2.45) is 0 Å². The van der Waals surface area contributed by atoms with Gasteiger partial charge in [0, 0.05) is 25.3 Å². The molecule has 20 heavy (non-hydrogen) atoms. The maximum Gasteiger partial charge on any atom is 0.451 e. The second kappa shape index (κ2) is 6.13. The Morgan fingerprint density at radius 3 is 2.80 bits per heavy atom. The first-order valence-corrected chi connectivity index (χ1v) is 6.79. The molecule has 1 atom stereocenters. The third kappa shape index (κ3) is 3.52. The maximum absolute atomic E-state index is 12.7. The number of aliphatic hydroxyl groups excluding tert-OH is 1. The van der Waals surface area contributed by atoms with Crippen LogP contribution in [0.15, 0.2) is 6.07 Å². The zero-order valence-corrected chi connectivity index (χ0v) is 11.5. The second-order valence-electron chi connectivity index (χ2n) is 4.73. The molecule has 1 aromatic heterocycles. The van der Waals surface area contributed by atoms with Crippen LogP contribution in [0.3, 0.4) is 0 Å². The van der Waals surface area contributed by atoms with Crippen LogP contribution in [0.1, 0.15) is 31.5 Å². The molecule has 1 fully saturated rings. The lowest BCUT2D eigenvalue weighted by molar-refractivity contribution is -0.144. The molecule has 0 spiro atoms. The van der Waals surface area contributed by atoms with Gasteiger partial charge in [0.2, 0.25) is 5.82 Å². The van der Waals surface area contributed by atoms with Gasteiger partial charge in [0.15, 0.2) is 0 Å². The van der Waals surface area contributed by atoms with Gasteiger partial charge >= 0.3 is 6.18 Å². The Morgan fingerprint density at radius 1 is 1.40 bits per heavy atom. The van der Waals surface area contributed by atoms with Gasteiger partial charge in [-0.3, -0.25) is 0 Å². The number of hydrogen-bond donors (Lipinski definition) is 1. The van der Waals surface area contributed by atoms with Crippen LogP contribution >= 0.6 is 11.6 Å². The molecule has 0 aromatic carbocycles. The largest absolute Gasteiger partial charge is 0.451 e. The molecular weight excluding hydrogens is 295 g/mol. The van der Waals surface area contributed by atoms with E-state index in [0.717, 1.165) is 19.3 Å². The van der Waals surface area contributed by atoms with Crippen LogP contribution in [0.25, 0.3) is 0 Å². The average Bonchev–Trinajstić information content (AvgIpc) is 2.82. The zero-order chi connectivity index (χ0) is 14.8. The van der Waals surface area contributed by atoms with Crippen molar-refractivity contribution >= 4 is 17.4 Å². The van der Waals surface area contributed by atoms with Crippen LogP contribution in [0.5, 0.6) is 0 Å². The molecule has 1 aliphatic rings. The van der Waals surface area contributed by atoms with Gasteiger partial charge < -0.3 is 10.0 Å².